The molecule has 0 radical (unpaired) electrons. The number of carbonyl (C=O) groups excluding carboxylic acids is 3. The summed E-state index contributed by atoms with van der Waals surface area (Å²) in [5.41, 5.74) is 6.01. The lowest BCUT2D eigenvalue weighted by Crippen LogP contribution is -2.74. The van der Waals surface area contributed by atoms with Crippen LogP contribution in [0.2, 0.25) is 5.02 Å². The first-order valence-electron chi connectivity index (χ1n) is 24.7. The smallest absolute Gasteiger partial charge is 0.253 e. The number of piperazine rings is 1. The highest BCUT2D eigenvalue weighted by molar-refractivity contribution is 7.13. The van der Waals surface area contributed by atoms with Crippen LogP contribution in [0.3, 0.4) is 0 Å². The lowest BCUT2D eigenvalue weighted by atomic mass is 9.49. The fourth-order valence-electron chi connectivity index (χ4n) is 11.3. The van der Waals surface area contributed by atoms with Crippen molar-refractivity contribution in [2.24, 2.45) is 23.8 Å². The topological polar surface area (TPSA) is 182 Å². The number of anilines is 1. The van der Waals surface area contributed by atoms with Gasteiger partial charge in [0.15, 0.2) is 0 Å². The van der Waals surface area contributed by atoms with Crippen molar-refractivity contribution in [3.63, 3.8) is 0 Å². The third-order valence-corrected chi connectivity index (χ3v) is 16.3. The summed E-state index contributed by atoms with van der Waals surface area (Å²) in [6.07, 6.45) is 4.40. The summed E-state index contributed by atoms with van der Waals surface area (Å²) in [6, 6.07) is 17.7. The highest BCUT2D eigenvalue weighted by Gasteiger charge is 2.64. The van der Waals surface area contributed by atoms with Crippen LogP contribution in [0.4, 0.5) is 5.82 Å². The van der Waals surface area contributed by atoms with Gasteiger partial charge in [0.05, 0.1) is 50.3 Å². The Balaban J connectivity index is 0.799. The number of carbonyl (C=O) groups is 3. The quantitative estimate of drug-likeness (QED) is 0.0881. The molecular weight excluding hydrogens is 936 g/mol. The van der Waals surface area contributed by atoms with E-state index in [9.17, 15) is 24.8 Å². The van der Waals surface area contributed by atoms with Crippen LogP contribution in [0, 0.1) is 35.0 Å². The Morgan fingerprint density at radius 3 is 2.31 bits per heavy atom. The number of halogens is 1. The second-order valence-electron chi connectivity index (χ2n) is 21.0. The van der Waals surface area contributed by atoms with Crippen molar-refractivity contribution in [3.8, 4) is 22.3 Å². The Morgan fingerprint density at radius 1 is 0.972 bits per heavy atom. The Labute approximate surface area is 426 Å². The number of nitrogens with one attached hydrogen (secondary N) is 2. The normalized spacial score (nSPS) is 21.6. The van der Waals surface area contributed by atoms with Crippen molar-refractivity contribution in [2.45, 2.75) is 111 Å². The molecule has 3 aromatic heterocycles. The van der Waals surface area contributed by atoms with Crippen LogP contribution in [0.15, 0.2) is 72.5 Å². The molecular formula is C54H67ClN10O5S. The van der Waals surface area contributed by atoms with Crippen LogP contribution in [0.25, 0.3) is 10.4 Å². The number of aliphatic hydroxyl groups excluding tert-OH is 1. The number of rotatable bonds is 16. The maximum absolute atomic E-state index is 14.4. The molecule has 15 nitrogen and oxygen atoms in total. The minimum atomic E-state index is -0.798. The molecule has 0 bridgehead atoms. The Kier molecular flexibility index (Phi) is 15.3. The molecule has 5 aromatic rings. The number of β-amino-alcohol motifs (C(OH)–C–C–N with tert-alkyl or cyclic N) is 1. The maximum Gasteiger partial charge on any atom is 0.253 e. The molecule has 1 saturated carbocycles. The number of aryl methyl sites for hydroxylation is 2. The van der Waals surface area contributed by atoms with E-state index in [4.69, 9.17) is 26.3 Å². The minimum absolute atomic E-state index is 0.0937. The van der Waals surface area contributed by atoms with Crippen LogP contribution >= 0.6 is 22.9 Å². The number of likely N-dealkylation sites (tertiary alicyclic amines) is 1. The highest BCUT2D eigenvalue weighted by Crippen LogP contribution is 2.55. The summed E-state index contributed by atoms with van der Waals surface area (Å²) in [7, 11) is 1.96. The number of imidazole rings is 1. The molecule has 5 heterocycles. The SMILES string of the molecule is Cc1ncsc1-c1ccc([C@H](C)NC(=O)[C@@H]2C[C@@H](O)CN2C(=O)[C@H](c2ncc(CCCN3CCN(c4ccc(C(=O)N[C@H]5C(C)(C)[C@H](Oc6ccc(C#N)c(Cl)c6)C5(C)C)cn4)CC3)n2C)C(C)C)cc1. The molecule has 71 heavy (non-hydrogen) atoms. The molecule has 8 rings (SSSR count). The predicted octanol–water partition coefficient (Wildman–Crippen LogP) is 7.72. The van der Waals surface area contributed by atoms with Crippen LogP contribution < -0.4 is 20.3 Å². The van der Waals surface area contributed by atoms with E-state index in [1.807, 2.05) is 87.4 Å². The number of nitrogens with zero attached hydrogens (tertiary/aromatic N) is 8. The predicted molar refractivity (Wildman–Crippen MR) is 276 cm³/mol. The van der Waals surface area contributed by atoms with E-state index in [0.29, 0.717) is 27.7 Å². The number of aliphatic hydroxyl groups is 1. The number of thiazole rings is 1. The number of ether oxygens (including phenoxy) is 1. The van der Waals surface area contributed by atoms with Gasteiger partial charge in [-0.3, -0.25) is 19.3 Å². The van der Waals surface area contributed by atoms with E-state index >= 15 is 0 Å². The van der Waals surface area contributed by atoms with Gasteiger partial charge >= 0.3 is 0 Å². The lowest BCUT2D eigenvalue weighted by Gasteiger charge is -2.63. The van der Waals surface area contributed by atoms with Gasteiger partial charge in [0.2, 0.25) is 11.8 Å². The van der Waals surface area contributed by atoms with Crippen molar-refractivity contribution in [1.29, 1.82) is 5.26 Å². The van der Waals surface area contributed by atoms with Crippen molar-refractivity contribution >= 4 is 46.5 Å². The molecule has 0 unspecified atom stereocenters. The second-order valence-corrected chi connectivity index (χ2v) is 22.3. The fraction of sp³-hybridized carbons (Fsp3) is 0.500. The number of hydrogen-bond acceptors (Lipinski definition) is 12. The summed E-state index contributed by atoms with van der Waals surface area (Å²) in [5, 5.41) is 26.8. The molecule has 0 spiro atoms. The summed E-state index contributed by atoms with van der Waals surface area (Å²) in [5.74, 6) is 0.743. The van der Waals surface area contributed by atoms with Crippen LogP contribution in [-0.4, -0.2) is 116 Å². The van der Waals surface area contributed by atoms with E-state index in [-0.39, 0.29) is 65.6 Å². The molecule has 4 atom stereocenters. The van der Waals surface area contributed by atoms with Gasteiger partial charge in [-0.15, -0.1) is 11.3 Å². The fourth-order valence-corrected chi connectivity index (χ4v) is 12.3. The van der Waals surface area contributed by atoms with Gasteiger partial charge in [0.1, 0.15) is 35.6 Å². The minimum Gasteiger partial charge on any atom is -0.489 e. The zero-order chi connectivity index (χ0) is 50.9. The van der Waals surface area contributed by atoms with Gasteiger partial charge in [-0.2, -0.15) is 5.26 Å². The number of pyridine rings is 1. The van der Waals surface area contributed by atoms with E-state index in [0.717, 1.165) is 78.8 Å². The molecule has 3 N–H and O–H groups in total. The number of hydrogen-bond donors (Lipinski definition) is 3. The molecule has 1 aliphatic carbocycles. The van der Waals surface area contributed by atoms with Gasteiger partial charge in [0.25, 0.3) is 5.91 Å². The Hall–Kier alpha value is -5.86. The maximum atomic E-state index is 14.4. The standard InChI is InChI=1S/C54H67ClN10O5S/c1-32(2)45(50(69)65-30-40(66)25-43(65)49(68)60-33(3)35-12-14-36(15-13-35)46-34(4)59-31-71-46)47-58-29-39(62(47)9)11-10-20-63-21-23-64(24-22-63)44-19-17-38(28-57-44)48(67)61-51-53(5,6)52(54(51,7)8)70-41-18-16-37(27-56)42(55)26-41/h12-19,26,28-29,31-33,40,43,45,51-52,66H,10-11,20-25,30H2,1-9H3,(H,60,68)(H,61,67)/t33-,40+,43-,45-,51-,52-/m0/s1. The van der Waals surface area contributed by atoms with Gasteiger partial charge in [-0.25, -0.2) is 15.0 Å². The molecule has 2 aliphatic heterocycles. The lowest BCUT2D eigenvalue weighted by molar-refractivity contribution is -0.164. The molecule has 17 heteroatoms. The van der Waals surface area contributed by atoms with E-state index in [1.54, 1.807) is 40.6 Å². The molecule has 376 valence electrons. The molecule has 2 saturated heterocycles. The summed E-state index contributed by atoms with van der Waals surface area (Å²) >= 11 is 7.87. The van der Waals surface area contributed by atoms with Crippen LogP contribution in [0.5, 0.6) is 5.75 Å². The third kappa shape index (κ3) is 10.7. The first-order chi connectivity index (χ1) is 33.8. The Bertz CT molecular complexity index is 2740. The molecule has 3 fully saturated rings. The summed E-state index contributed by atoms with van der Waals surface area (Å²) < 4.78 is 8.43. The Morgan fingerprint density at radius 2 is 1.69 bits per heavy atom. The van der Waals surface area contributed by atoms with Crippen molar-refractivity contribution < 1.29 is 24.2 Å². The average Bonchev–Trinajstić information content (AvgIpc) is 4.07. The van der Waals surface area contributed by atoms with E-state index < -0.39 is 18.1 Å². The zero-order valence-electron chi connectivity index (χ0n) is 42.3. The van der Waals surface area contributed by atoms with Gasteiger partial charge in [0, 0.05) is 87.2 Å². The molecule has 3 amide bonds. The largest absolute Gasteiger partial charge is 0.489 e. The van der Waals surface area contributed by atoms with Gasteiger partial charge in [-0.1, -0.05) is 77.4 Å². The van der Waals surface area contributed by atoms with E-state index in [2.05, 4.69) is 59.2 Å². The summed E-state index contributed by atoms with van der Waals surface area (Å²) in [6.45, 7) is 20.6. The van der Waals surface area contributed by atoms with Crippen molar-refractivity contribution in [2.75, 3.05) is 44.2 Å². The molecule has 3 aliphatic rings. The van der Waals surface area contributed by atoms with Gasteiger partial charge < -0.3 is 34.8 Å². The number of amides is 3. The second kappa shape index (κ2) is 21.1. The molecule has 2 aromatic carbocycles. The number of benzene rings is 2. The first kappa shape index (κ1) is 51.5. The average molecular weight is 1000 g/mol. The number of nitriles is 1. The highest BCUT2D eigenvalue weighted by atomic mass is 35.5. The third-order valence-electron chi connectivity index (χ3n) is 15.0. The van der Waals surface area contributed by atoms with Crippen LogP contribution in [0.1, 0.15) is 112 Å². The monoisotopic (exact) mass is 1000 g/mol. The van der Waals surface area contributed by atoms with E-state index in [1.165, 1.54) is 0 Å². The zero-order valence-corrected chi connectivity index (χ0v) is 43.9. The van der Waals surface area contributed by atoms with Crippen LogP contribution in [-0.2, 0) is 23.1 Å². The van der Waals surface area contributed by atoms with Gasteiger partial charge in [-0.05, 0) is 74.5 Å². The number of aromatic nitrogens is 4. The first-order valence-corrected chi connectivity index (χ1v) is 25.9. The van der Waals surface area contributed by atoms with Crippen molar-refractivity contribution in [3.05, 3.63) is 111 Å². The van der Waals surface area contributed by atoms with Crippen molar-refractivity contribution in [1.82, 2.24) is 40.0 Å². The summed E-state index contributed by atoms with van der Waals surface area (Å²) in [4.78, 5) is 63.1.